The zero-order valence-electron chi connectivity index (χ0n) is 17.7. The van der Waals surface area contributed by atoms with Crippen LogP contribution in [0.3, 0.4) is 0 Å². The highest BCUT2D eigenvalue weighted by atomic mass is 35.5. The Balaban J connectivity index is 1.48. The SMILES string of the molecule is COc1c(CN2CCN(c3ccc(Cl)cc3C)CC2)n(C)n(C2CCCC2)c1=O. The van der Waals surface area contributed by atoms with Crippen molar-refractivity contribution in [2.45, 2.75) is 45.2 Å². The zero-order valence-corrected chi connectivity index (χ0v) is 18.4. The molecule has 2 aliphatic rings. The molecule has 6 nitrogen and oxygen atoms in total. The number of ether oxygens (including phenoxy) is 1. The minimum Gasteiger partial charge on any atom is -0.490 e. The van der Waals surface area contributed by atoms with Gasteiger partial charge in [0.1, 0.15) is 0 Å². The molecule has 1 saturated heterocycles. The summed E-state index contributed by atoms with van der Waals surface area (Å²) in [5.41, 5.74) is 3.47. The third kappa shape index (κ3) is 3.92. The van der Waals surface area contributed by atoms with Gasteiger partial charge in [0.25, 0.3) is 0 Å². The number of methoxy groups -OCH3 is 1. The lowest BCUT2D eigenvalue weighted by Gasteiger charge is -2.37. The number of anilines is 1. The highest BCUT2D eigenvalue weighted by Gasteiger charge is 2.28. The smallest absolute Gasteiger partial charge is 0.309 e. The van der Waals surface area contributed by atoms with Gasteiger partial charge in [-0.2, -0.15) is 0 Å². The van der Waals surface area contributed by atoms with Crippen LogP contribution in [0.25, 0.3) is 0 Å². The number of aromatic nitrogens is 2. The van der Waals surface area contributed by atoms with Crippen molar-refractivity contribution in [3.05, 3.63) is 44.8 Å². The van der Waals surface area contributed by atoms with Crippen LogP contribution in [-0.4, -0.2) is 47.6 Å². The third-order valence-electron chi connectivity index (χ3n) is 6.50. The van der Waals surface area contributed by atoms with E-state index < -0.39 is 0 Å². The van der Waals surface area contributed by atoms with E-state index in [-0.39, 0.29) is 5.56 Å². The summed E-state index contributed by atoms with van der Waals surface area (Å²) in [5, 5.41) is 0.782. The first-order valence-electron chi connectivity index (χ1n) is 10.6. The number of benzene rings is 1. The van der Waals surface area contributed by atoms with Crippen LogP contribution in [0.15, 0.2) is 23.0 Å². The molecule has 1 aromatic carbocycles. The van der Waals surface area contributed by atoms with Crippen LogP contribution in [0.2, 0.25) is 5.02 Å². The largest absolute Gasteiger partial charge is 0.490 e. The van der Waals surface area contributed by atoms with Crippen molar-refractivity contribution < 1.29 is 4.74 Å². The molecule has 2 heterocycles. The molecule has 0 spiro atoms. The molecule has 2 aromatic rings. The summed E-state index contributed by atoms with van der Waals surface area (Å²) in [5.74, 6) is 0.510. The molecule has 1 aromatic heterocycles. The maximum atomic E-state index is 13.0. The van der Waals surface area contributed by atoms with Gasteiger partial charge >= 0.3 is 5.56 Å². The first kappa shape index (κ1) is 20.4. The van der Waals surface area contributed by atoms with Crippen molar-refractivity contribution >= 4 is 17.3 Å². The number of hydrogen-bond acceptors (Lipinski definition) is 4. The van der Waals surface area contributed by atoms with E-state index in [1.165, 1.54) is 24.1 Å². The summed E-state index contributed by atoms with van der Waals surface area (Å²) in [4.78, 5) is 17.8. The molecule has 0 radical (unpaired) electrons. The first-order valence-corrected chi connectivity index (χ1v) is 10.9. The Kier molecular flexibility index (Phi) is 5.93. The van der Waals surface area contributed by atoms with Crippen LogP contribution >= 0.6 is 11.6 Å². The molecule has 1 aliphatic carbocycles. The number of hydrogen-bond donors (Lipinski definition) is 0. The molecule has 0 N–H and O–H groups in total. The Hall–Kier alpha value is -1.92. The second kappa shape index (κ2) is 8.44. The molecule has 0 bridgehead atoms. The number of rotatable bonds is 5. The van der Waals surface area contributed by atoms with Crippen LogP contribution < -0.4 is 15.2 Å². The lowest BCUT2D eigenvalue weighted by atomic mass is 10.1. The molecule has 1 saturated carbocycles. The number of halogens is 1. The van der Waals surface area contributed by atoms with E-state index in [4.69, 9.17) is 16.3 Å². The van der Waals surface area contributed by atoms with Gasteiger partial charge in [0.15, 0.2) is 0 Å². The van der Waals surface area contributed by atoms with E-state index in [0.29, 0.717) is 11.8 Å². The molecular formula is C22H31ClN4O2. The van der Waals surface area contributed by atoms with Gasteiger partial charge in [-0.05, 0) is 43.5 Å². The number of nitrogens with zero attached hydrogens (tertiary/aromatic N) is 4. The fourth-order valence-corrected chi connectivity index (χ4v) is 5.14. The van der Waals surface area contributed by atoms with Gasteiger partial charge < -0.3 is 9.64 Å². The average molecular weight is 419 g/mol. The summed E-state index contributed by atoms with van der Waals surface area (Å²) in [7, 11) is 3.62. The van der Waals surface area contributed by atoms with Crippen molar-refractivity contribution in [3.8, 4) is 5.75 Å². The van der Waals surface area contributed by atoms with Crippen molar-refractivity contribution in [2.75, 3.05) is 38.2 Å². The number of piperazine rings is 1. The molecular weight excluding hydrogens is 388 g/mol. The topological polar surface area (TPSA) is 42.6 Å². The second-order valence-corrected chi connectivity index (χ2v) is 8.72. The summed E-state index contributed by atoms with van der Waals surface area (Å²) < 4.78 is 9.53. The van der Waals surface area contributed by atoms with Gasteiger partial charge in [0, 0.05) is 50.5 Å². The number of aryl methyl sites for hydroxylation is 1. The van der Waals surface area contributed by atoms with Crippen LogP contribution in [-0.2, 0) is 13.6 Å². The van der Waals surface area contributed by atoms with E-state index in [2.05, 4.69) is 22.8 Å². The zero-order chi connectivity index (χ0) is 20.5. The maximum absolute atomic E-state index is 13.0. The van der Waals surface area contributed by atoms with Gasteiger partial charge in [0.2, 0.25) is 5.75 Å². The quantitative estimate of drug-likeness (QED) is 0.744. The Morgan fingerprint density at radius 1 is 1.14 bits per heavy atom. The molecule has 0 atom stereocenters. The minimum atomic E-state index is 0.0207. The lowest BCUT2D eigenvalue weighted by Crippen LogP contribution is -2.46. The lowest BCUT2D eigenvalue weighted by molar-refractivity contribution is 0.236. The summed E-state index contributed by atoms with van der Waals surface area (Å²) in [6.45, 7) is 6.67. The van der Waals surface area contributed by atoms with E-state index in [1.807, 2.05) is 28.5 Å². The molecule has 7 heteroatoms. The van der Waals surface area contributed by atoms with E-state index in [1.54, 1.807) is 7.11 Å². The van der Waals surface area contributed by atoms with Crippen molar-refractivity contribution in [1.29, 1.82) is 0 Å². The molecule has 158 valence electrons. The fourth-order valence-electron chi connectivity index (χ4n) is 4.91. The van der Waals surface area contributed by atoms with Crippen LogP contribution in [0.1, 0.15) is 43.0 Å². The fraction of sp³-hybridized carbons (Fsp3) is 0.591. The Morgan fingerprint density at radius 2 is 1.83 bits per heavy atom. The Morgan fingerprint density at radius 3 is 2.45 bits per heavy atom. The van der Waals surface area contributed by atoms with Crippen LogP contribution in [0.5, 0.6) is 5.75 Å². The van der Waals surface area contributed by atoms with Gasteiger partial charge in [-0.1, -0.05) is 24.4 Å². The summed E-state index contributed by atoms with van der Waals surface area (Å²) in [6, 6.07) is 6.40. The molecule has 0 unspecified atom stereocenters. The monoisotopic (exact) mass is 418 g/mol. The molecule has 0 amide bonds. The van der Waals surface area contributed by atoms with E-state index in [0.717, 1.165) is 56.3 Å². The first-order chi connectivity index (χ1) is 14.0. The molecule has 2 fully saturated rings. The van der Waals surface area contributed by atoms with Crippen molar-refractivity contribution in [3.63, 3.8) is 0 Å². The normalized spacial score (nSPS) is 18.6. The van der Waals surface area contributed by atoms with Crippen molar-refractivity contribution in [1.82, 2.24) is 14.3 Å². The van der Waals surface area contributed by atoms with Crippen LogP contribution in [0, 0.1) is 6.92 Å². The summed E-state index contributed by atoms with van der Waals surface area (Å²) >= 11 is 6.11. The average Bonchev–Trinajstić information content (AvgIpc) is 3.30. The Bertz CT molecular complexity index is 922. The van der Waals surface area contributed by atoms with Gasteiger partial charge in [-0.15, -0.1) is 0 Å². The molecule has 4 rings (SSSR count). The maximum Gasteiger partial charge on any atom is 0.309 e. The highest BCUT2D eigenvalue weighted by molar-refractivity contribution is 6.30. The van der Waals surface area contributed by atoms with E-state index >= 15 is 0 Å². The molecule has 29 heavy (non-hydrogen) atoms. The van der Waals surface area contributed by atoms with Gasteiger partial charge in [-0.25, -0.2) is 4.68 Å². The Labute approximate surface area is 177 Å². The van der Waals surface area contributed by atoms with Gasteiger partial charge in [-0.3, -0.25) is 14.4 Å². The van der Waals surface area contributed by atoms with Gasteiger partial charge in [0.05, 0.1) is 18.8 Å². The third-order valence-corrected chi connectivity index (χ3v) is 6.73. The second-order valence-electron chi connectivity index (χ2n) is 8.29. The van der Waals surface area contributed by atoms with Crippen molar-refractivity contribution in [2.24, 2.45) is 7.05 Å². The van der Waals surface area contributed by atoms with E-state index in [9.17, 15) is 4.79 Å². The highest BCUT2D eigenvalue weighted by Crippen LogP contribution is 2.31. The standard InChI is InChI=1S/C22H31ClN4O2/c1-16-14-17(23)8-9-19(16)26-12-10-25(11-13-26)15-20-21(29-3)22(28)27(24(20)2)18-6-4-5-7-18/h8-9,14,18H,4-7,10-13,15H2,1-3H3. The predicted octanol–water partition coefficient (Wildman–Crippen LogP) is 3.59. The minimum absolute atomic E-state index is 0.0207. The summed E-state index contributed by atoms with van der Waals surface area (Å²) in [6.07, 6.45) is 4.57. The molecule has 1 aliphatic heterocycles. The van der Waals surface area contributed by atoms with Crippen LogP contribution in [0.4, 0.5) is 5.69 Å². The predicted molar refractivity (Wildman–Crippen MR) is 117 cm³/mol.